The molecular formula is C15H12ClF3S2. The van der Waals surface area contributed by atoms with Crippen LogP contribution < -0.4 is 0 Å². The summed E-state index contributed by atoms with van der Waals surface area (Å²) >= 11 is 11.4. The number of hydrogen-bond donors (Lipinski definition) is 1. The lowest BCUT2D eigenvalue weighted by molar-refractivity contribution is -0.138. The average molecular weight is 349 g/mol. The number of hydrogen-bond acceptors (Lipinski definition) is 2. The molecule has 1 atom stereocenters. The maximum absolute atomic E-state index is 13.0. The van der Waals surface area contributed by atoms with Crippen LogP contribution in [0.2, 0.25) is 5.02 Å². The van der Waals surface area contributed by atoms with E-state index in [0.717, 1.165) is 11.6 Å². The van der Waals surface area contributed by atoms with Crippen LogP contribution in [0.5, 0.6) is 0 Å². The molecule has 0 aliphatic rings. The van der Waals surface area contributed by atoms with Gasteiger partial charge in [-0.3, -0.25) is 0 Å². The smallest absolute Gasteiger partial charge is 0.166 e. The van der Waals surface area contributed by atoms with Crippen molar-refractivity contribution in [3.63, 3.8) is 0 Å². The van der Waals surface area contributed by atoms with E-state index in [2.05, 4.69) is 12.6 Å². The average Bonchev–Trinajstić information content (AvgIpc) is 2.45. The lowest BCUT2D eigenvalue weighted by atomic mass is 10.1. The predicted octanol–water partition coefficient (Wildman–Crippen LogP) is 6.22. The number of rotatable bonds is 4. The van der Waals surface area contributed by atoms with Crippen LogP contribution in [0.3, 0.4) is 0 Å². The maximum Gasteiger partial charge on any atom is 0.416 e. The Labute approximate surface area is 136 Å². The lowest BCUT2D eigenvalue weighted by Crippen LogP contribution is -2.09. The fourth-order valence-electron chi connectivity index (χ4n) is 1.82. The second-order valence-corrected chi connectivity index (χ2v) is 6.77. The van der Waals surface area contributed by atoms with Gasteiger partial charge in [-0.05, 0) is 29.3 Å². The Balaban J connectivity index is 2.10. The normalized spacial score (nSPS) is 13.2. The Morgan fingerprint density at radius 2 is 1.67 bits per heavy atom. The molecular weight excluding hydrogens is 337 g/mol. The highest BCUT2D eigenvalue weighted by molar-refractivity contribution is 8.09. The van der Waals surface area contributed by atoms with Gasteiger partial charge in [-0.2, -0.15) is 25.8 Å². The van der Waals surface area contributed by atoms with Crippen molar-refractivity contribution in [3.8, 4) is 0 Å². The van der Waals surface area contributed by atoms with E-state index in [1.54, 1.807) is 18.2 Å². The standard InChI is InChI=1S/C15H12ClF3S2/c16-11-7-5-10(6-8-11)9-21-14(20)12-3-1-2-4-13(12)15(17,18)19/h1-8,14,20H,9H2. The van der Waals surface area contributed by atoms with Crippen LogP contribution in [0.1, 0.15) is 21.3 Å². The van der Waals surface area contributed by atoms with E-state index in [1.165, 1.54) is 23.9 Å². The van der Waals surface area contributed by atoms with Gasteiger partial charge in [0, 0.05) is 10.8 Å². The topological polar surface area (TPSA) is 0 Å². The molecule has 0 amide bonds. The van der Waals surface area contributed by atoms with Crippen molar-refractivity contribution in [1.82, 2.24) is 0 Å². The van der Waals surface area contributed by atoms with Crippen LogP contribution in [0, 0.1) is 0 Å². The van der Waals surface area contributed by atoms with Crippen LogP contribution in [0.4, 0.5) is 13.2 Å². The Morgan fingerprint density at radius 1 is 1.05 bits per heavy atom. The van der Waals surface area contributed by atoms with Gasteiger partial charge in [-0.25, -0.2) is 0 Å². The summed E-state index contributed by atoms with van der Waals surface area (Å²) in [5.74, 6) is 0.567. The minimum Gasteiger partial charge on any atom is -0.166 e. The molecule has 0 aromatic heterocycles. The summed E-state index contributed by atoms with van der Waals surface area (Å²) < 4.78 is 38.3. The molecule has 2 aromatic rings. The minimum atomic E-state index is -4.36. The molecule has 1 unspecified atom stereocenters. The van der Waals surface area contributed by atoms with Gasteiger partial charge < -0.3 is 0 Å². The largest absolute Gasteiger partial charge is 0.416 e. The van der Waals surface area contributed by atoms with Crippen LogP contribution in [0.15, 0.2) is 48.5 Å². The third-order valence-corrected chi connectivity index (χ3v) is 4.90. The first-order valence-electron chi connectivity index (χ1n) is 6.08. The molecule has 0 saturated carbocycles. The van der Waals surface area contributed by atoms with Gasteiger partial charge in [0.2, 0.25) is 0 Å². The molecule has 0 heterocycles. The first-order valence-corrected chi connectivity index (χ1v) is 8.02. The zero-order chi connectivity index (χ0) is 15.5. The van der Waals surface area contributed by atoms with Crippen LogP contribution in [-0.4, -0.2) is 0 Å². The summed E-state index contributed by atoms with van der Waals surface area (Å²) in [5, 5.41) is 0.633. The highest BCUT2D eigenvalue weighted by atomic mass is 35.5. The quantitative estimate of drug-likeness (QED) is 0.505. The van der Waals surface area contributed by atoms with Crippen molar-refractivity contribution in [2.24, 2.45) is 0 Å². The third-order valence-electron chi connectivity index (χ3n) is 2.85. The maximum atomic E-state index is 13.0. The van der Waals surface area contributed by atoms with E-state index in [4.69, 9.17) is 11.6 Å². The Kier molecular flexibility index (Phi) is 5.52. The van der Waals surface area contributed by atoms with E-state index in [-0.39, 0.29) is 5.56 Å². The molecule has 21 heavy (non-hydrogen) atoms. The summed E-state index contributed by atoms with van der Waals surface area (Å²) in [6.07, 6.45) is -4.36. The number of thiol groups is 1. The van der Waals surface area contributed by atoms with Gasteiger partial charge in [0.05, 0.1) is 10.1 Å². The summed E-state index contributed by atoms with van der Waals surface area (Å²) in [5.41, 5.74) is 0.550. The van der Waals surface area contributed by atoms with E-state index in [0.29, 0.717) is 10.8 Å². The zero-order valence-electron chi connectivity index (χ0n) is 10.8. The predicted molar refractivity (Wildman–Crippen MR) is 85.9 cm³/mol. The Morgan fingerprint density at radius 3 is 2.29 bits per heavy atom. The van der Waals surface area contributed by atoms with E-state index in [9.17, 15) is 13.2 Å². The van der Waals surface area contributed by atoms with Crippen molar-refractivity contribution in [3.05, 3.63) is 70.2 Å². The summed E-state index contributed by atoms with van der Waals surface area (Å²) in [6.45, 7) is 0. The number of alkyl halides is 3. The highest BCUT2D eigenvalue weighted by Gasteiger charge is 2.34. The second kappa shape index (κ2) is 6.99. The molecule has 0 fully saturated rings. The third kappa shape index (κ3) is 4.59. The number of thioether (sulfide) groups is 1. The molecule has 112 valence electrons. The molecule has 0 aliphatic heterocycles. The van der Waals surface area contributed by atoms with Crippen molar-refractivity contribution in [1.29, 1.82) is 0 Å². The van der Waals surface area contributed by atoms with Gasteiger partial charge in [0.15, 0.2) is 0 Å². The van der Waals surface area contributed by atoms with Gasteiger partial charge in [0.25, 0.3) is 0 Å². The minimum absolute atomic E-state index is 0.187. The molecule has 0 N–H and O–H groups in total. The molecule has 0 spiro atoms. The van der Waals surface area contributed by atoms with Crippen molar-refractivity contribution >= 4 is 36.0 Å². The van der Waals surface area contributed by atoms with Crippen molar-refractivity contribution < 1.29 is 13.2 Å². The lowest BCUT2D eigenvalue weighted by Gasteiger charge is -2.17. The molecule has 0 nitrogen and oxygen atoms in total. The van der Waals surface area contributed by atoms with E-state index in [1.807, 2.05) is 12.1 Å². The van der Waals surface area contributed by atoms with Crippen molar-refractivity contribution in [2.75, 3.05) is 0 Å². The molecule has 2 aromatic carbocycles. The van der Waals surface area contributed by atoms with Gasteiger partial charge in [-0.1, -0.05) is 41.9 Å². The fourth-order valence-corrected chi connectivity index (χ4v) is 3.32. The van der Waals surface area contributed by atoms with Gasteiger partial charge >= 0.3 is 6.18 Å². The van der Waals surface area contributed by atoms with Crippen LogP contribution in [0.25, 0.3) is 0 Å². The molecule has 2 rings (SSSR count). The van der Waals surface area contributed by atoms with Crippen LogP contribution >= 0.6 is 36.0 Å². The monoisotopic (exact) mass is 348 g/mol. The molecule has 0 bridgehead atoms. The Bertz CT molecular complexity index is 597. The summed E-state index contributed by atoms with van der Waals surface area (Å²) in [6, 6.07) is 12.8. The van der Waals surface area contributed by atoms with Gasteiger partial charge in [0.1, 0.15) is 0 Å². The summed E-state index contributed by atoms with van der Waals surface area (Å²) in [4.78, 5) is 0. The number of halogens is 4. The molecule has 6 heteroatoms. The zero-order valence-corrected chi connectivity index (χ0v) is 13.2. The molecule has 0 aliphatic carbocycles. The first-order chi connectivity index (χ1) is 9.88. The molecule has 0 saturated heterocycles. The number of benzene rings is 2. The van der Waals surface area contributed by atoms with E-state index < -0.39 is 16.3 Å². The Hall–Kier alpha value is -0.780. The van der Waals surface area contributed by atoms with Crippen LogP contribution in [-0.2, 0) is 11.9 Å². The van der Waals surface area contributed by atoms with E-state index >= 15 is 0 Å². The van der Waals surface area contributed by atoms with Gasteiger partial charge in [-0.15, -0.1) is 11.8 Å². The molecule has 0 radical (unpaired) electrons. The highest BCUT2D eigenvalue weighted by Crippen LogP contribution is 2.41. The SMILES string of the molecule is FC(F)(F)c1ccccc1C(S)SCc1ccc(Cl)cc1. The summed E-state index contributed by atoms with van der Waals surface area (Å²) in [7, 11) is 0. The van der Waals surface area contributed by atoms with Crippen molar-refractivity contribution in [2.45, 2.75) is 16.5 Å². The first kappa shape index (κ1) is 16.6. The fraction of sp³-hybridized carbons (Fsp3) is 0.200. The second-order valence-electron chi connectivity index (χ2n) is 4.37.